The Hall–Kier alpha value is -1.24. The van der Waals surface area contributed by atoms with Crippen molar-refractivity contribution < 1.29 is 8.42 Å². The van der Waals surface area contributed by atoms with E-state index in [1.165, 1.54) is 11.3 Å². The minimum absolute atomic E-state index is 0.0869. The van der Waals surface area contributed by atoms with Crippen LogP contribution in [0.5, 0.6) is 0 Å². The Balaban J connectivity index is 1.97. The van der Waals surface area contributed by atoms with Gasteiger partial charge in [-0.05, 0) is 43.5 Å². The molecule has 20 heavy (non-hydrogen) atoms. The molecule has 6 heteroatoms. The van der Waals surface area contributed by atoms with Crippen molar-refractivity contribution >= 4 is 21.4 Å². The molecule has 3 heterocycles. The van der Waals surface area contributed by atoms with Gasteiger partial charge in [0.1, 0.15) is 4.21 Å². The molecule has 106 valence electrons. The third-order valence-corrected chi connectivity index (χ3v) is 6.93. The highest BCUT2D eigenvalue weighted by Crippen LogP contribution is 2.37. The van der Waals surface area contributed by atoms with Gasteiger partial charge in [0.25, 0.3) is 10.0 Å². The number of thiophene rings is 1. The SMILES string of the molecule is Cc1ccc(S(=O)(=O)N2CCCC2c2cccnc2)s1. The van der Waals surface area contributed by atoms with Crippen molar-refractivity contribution in [3.8, 4) is 0 Å². The first-order chi connectivity index (χ1) is 9.59. The summed E-state index contributed by atoms with van der Waals surface area (Å²) in [6, 6.07) is 7.27. The summed E-state index contributed by atoms with van der Waals surface area (Å²) in [4.78, 5) is 5.12. The van der Waals surface area contributed by atoms with E-state index in [4.69, 9.17) is 0 Å². The molecule has 1 aliphatic heterocycles. The molecule has 1 fully saturated rings. The van der Waals surface area contributed by atoms with Crippen LogP contribution in [0.25, 0.3) is 0 Å². The molecular weight excluding hydrogens is 292 g/mol. The van der Waals surface area contributed by atoms with Crippen LogP contribution >= 0.6 is 11.3 Å². The van der Waals surface area contributed by atoms with Crippen molar-refractivity contribution in [3.63, 3.8) is 0 Å². The maximum absolute atomic E-state index is 12.7. The maximum atomic E-state index is 12.7. The fourth-order valence-electron chi connectivity index (χ4n) is 2.60. The molecule has 0 aromatic carbocycles. The van der Waals surface area contributed by atoms with Crippen molar-refractivity contribution in [1.29, 1.82) is 0 Å². The largest absolute Gasteiger partial charge is 0.264 e. The summed E-state index contributed by atoms with van der Waals surface area (Å²) in [5.41, 5.74) is 0.974. The summed E-state index contributed by atoms with van der Waals surface area (Å²) < 4.78 is 27.6. The first-order valence-electron chi connectivity index (χ1n) is 6.57. The highest BCUT2D eigenvalue weighted by atomic mass is 32.2. The molecule has 0 saturated carbocycles. The van der Waals surface area contributed by atoms with Gasteiger partial charge in [-0.15, -0.1) is 11.3 Å². The Morgan fingerprint density at radius 1 is 1.35 bits per heavy atom. The van der Waals surface area contributed by atoms with Crippen molar-refractivity contribution in [2.45, 2.75) is 30.0 Å². The van der Waals surface area contributed by atoms with E-state index in [0.717, 1.165) is 23.3 Å². The summed E-state index contributed by atoms with van der Waals surface area (Å²) in [6.45, 7) is 2.51. The number of sulfonamides is 1. The molecule has 0 spiro atoms. The molecule has 4 nitrogen and oxygen atoms in total. The van der Waals surface area contributed by atoms with E-state index >= 15 is 0 Å². The second kappa shape index (κ2) is 5.27. The normalized spacial score (nSPS) is 20.4. The summed E-state index contributed by atoms with van der Waals surface area (Å²) in [7, 11) is -3.39. The highest BCUT2D eigenvalue weighted by Gasteiger charge is 2.36. The molecule has 2 aromatic heterocycles. The minimum atomic E-state index is -3.39. The number of aromatic nitrogens is 1. The van der Waals surface area contributed by atoms with Crippen LogP contribution in [0.1, 0.15) is 29.3 Å². The Morgan fingerprint density at radius 3 is 2.85 bits per heavy atom. The van der Waals surface area contributed by atoms with Crippen LogP contribution in [-0.2, 0) is 10.0 Å². The van der Waals surface area contributed by atoms with Gasteiger partial charge in [-0.25, -0.2) is 8.42 Å². The fraction of sp³-hybridized carbons (Fsp3) is 0.357. The van der Waals surface area contributed by atoms with E-state index in [1.807, 2.05) is 25.1 Å². The zero-order valence-corrected chi connectivity index (χ0v) is 12.8. The Morgan fingerprint density at radius 2 is 2.20 bits per heavy atom. The molecule has 1 saturated heterocycles. The molecule has 0 bridgehead atoms. The predicted octanol–water partition coefficient (Wildman–Crippen LogP) is 2.98. The molecule has 1 aliphatic rings. The van der Waals surface area contributed by atoms with Gasteiger partial charge in [-0.1, -0.05) is 6.07 Å². The van der Waals surface area contributed by atoms with Gasteiger partial charge in [0.2, 0.25) is 0 Å². The van der Waals surface area contributed by atoms with Gasteiger partial charge in [0.05, 0.1) is 6.04 Å². The van der Waals surface area contributed by atoms with Crippen molar-refractivity contribution in [3.05, 3.63) is 47.1 Å². The molecule has 0 amide bonds. The van der Waals surface area contributed by atoms with Gasteiger partial charge in [-0.3, -0.25) is 4.98 Å². The number of nitrogens with zero attached hydrogens (tertiary/aromatic N) is 2. The Kier molecular flexibility index (Phi) is 3.62. The summed E-state index contributed by atoms with van der Waals surface area (Å²) in [5, 5.41) is 0. The lowest BCUT2D eigenvalue weighted by Crippen LogP contribution is -2.30. The second-order valence-electron chi connectivity index (χ2n) is 4.93. The quantitative estimate of drug-likeness (QED) is 0.876. The average Bonchev–Trinajstić information content (AvgIpc) is 3.08. The van der Waals surface area contributed by atoms with Crippen LogP contribution in [0.2, 0.25) is 0 Å². The fourth-order valence-corrected chi connectivity index (χ4v) is 5.70. The Bertz CT molecular complexity index is 695. The molecule has 0 aliphatic carbocycles. The zero-order chi connectivity index (χ0) is 14.2. The molecule has 0 radical (unpaired) electrons. The third-order valence-electron chi connectivity index (χ3n) is 3.55. The lowest BCUT2D eigenvalue weighted by molar-refractivity contribution is 0.397. The number of rotatable bonds is 3. The zero-order valence-electron chi connectivity index (χ0n) is 11.2. The molecular formula is C14H16N2O2S2. The first-order valence-corrected chi connectivity index (χ1v) is 8.83. The van der Waals surface area contributed by atoms with Crippen molar-refractivity contribution in [2.24, 2.45) is 0 Å². The smallest absolute Gasteiger partial charge is 0.253 e. The predicted molar refractivity (Wildman–Crippen MR) is 79.2 cm³/mol. The molecule has 1 unspecified atom stereocenters. The van der Waals surface area contributed by atoms with Gasteiger partial charge in [0, 0.05) is 23.8 Å². The minimum Gasteiger partial charge on any atom is -0.264 e. The van der Waals surface area contributed by atoms with Crippen LogP contribution in [0.15, 0.2) is 40.9 Å². The summed E-state index contributed by atoms with van der Waals surface area (Å²) in [6.07, 6.45) is 5.22. The van der Waals surface area contributed by atoms with Gasteiger partial charge in [0.15, 0.2) is 0 Å². The summed E-state index contributed by atoms with van der Waals surface area (Å²) in [5.74, 6) is 0. The Labute approximate surface area is 123 Å². The first kappa shape index (κ1) is 13.7. The van der Waals surface area contributed by atoms with E-state index < -0.39 is 10.0 Å². The number of pyridine rings is 1. The molecule has 0 N–H and O–H groups in total. The van der Waals surface area contributed by atoms with Gasteiger partial charge < -0.3 is 0 Å². The number of hydrogen-bond donors (Lipinski definition) is 0. The van der Waals surface area contributed by atoms with E-state index in [-0.39, 0.29) is 6.04 Å². The molecule has 1 atom stereocenters. The molecule has 2 aromatic rings. The van der Waals surface area contributed by atoms with Crippen LogP contribution in [0.3, 0.4) is 0 Å². The maximum Gasteiger partial charge on any atom is 0.253 e. The van der Waals surface area contributed by atoms with Crippen LogP contribution in [0.4, 0.5) is 0 Å². The van der Waals surface area contributed by atoms with E-state index in [1.54, 1.807) is 22.8 Å². The lowest BCUT2D eigenvalue weighted by atomic mass is 10.1. The van der Waals surface area contributed by atoms with Gasteiger partial charge in [-0.2, -0.15) is 4.31 Å². The van der Waals surface area contributed by atoms with Crippen LogP contribution < -0.4 is 0 Å². The molecule has 3 rings (SSSR count). The van der Waals surface area contributed by atoms with Crippen LogP contribution in [0, 0.1) is 6.92 Å². The number of aryl methyl sites for hydroxylation is 1. The lowest BCUT2D eigenvalue weighted by Gasteiger charge is -2.23. The van der Waals surface area contributed by atoms with Crippen molar-refractivity contribution in [2.75, 3.05) is 6.54 Å². The van der Waals surface area contributed by atoms with Crippen molar-refractivity contribution in [1.82, 2.24) is 9.29 Å². The standard InChI is InChI=1S/C14H16N2O2S2/c1-11-6-7-14(19-11)20(17,18)16-9-3-5-13(16)12-4-2-8-15-10-12/h2,4,6-8,10,13H,3,5,9H2,1H3. The van der Waals surface area contributed by atoms with E-state index in [0.29, 0.717) is 10.8 Å². The monoisotopic (exact) mass is 308 g/mol. The summed E-state index contributed by atoms with van der Waals surface area (Å²) >= 11 is 1.33. The number of hydrogen-bond acceptors (Lipinski definition) is 4. The third kappa shape index (κ3) is 2.39. The topological polar surface area (TPSA) is 50.3 Å². The average molecular weight is 308 g/mol. The van der Waals surface area contributed by atoms with E-state index in [9.17, 15) is 8.42 Å². The van der Waals surface area contributed by atoms with Crippen LogP contribution in [-0.4, -0.2) is 24.3 Å². The second-order valence-corrected chi connectivity index (χ2v) is 8.33. The van der Waals surface area contributed by atoms with E-state index in [2.05, 4.69) is 4.98 Å². The highest BCUT2D eigenvalue weighted by molar-refractivity contribution is 7.91. The van der Waals surface area contributed by atoms with Gasteiger partial charge >= 0.3 is 0 Å².